The second-order valence-electron chi connectivity index (χ2n) is 7.11. The van der Waals surface area contributed by atoms with Gasteiger partial charge in [-0.1, -0.05) is 12.1 Å². The first-order valence-corrected chi connectivity index (χ1v) is 9.92. The van der Waals surface area contributed by atoms with E-state index in [1.54, 1.807) is 19.2 Å². The van der Waals surface area contributed by atoms with E-state index in [1.165, 1.54) is 23.2 Å². The number of ether oxygens (including phenoxy) is 3. The lowest BCUT2D eigenvalue weighted by molar-refractivity contribution is -0.142. The third-order valence-corrected chi connectivity index (χ3v) is 4.98. The quantitative estimate of drug-likeness (QED) is 0.588. The molecule has 9 heteroatoms. The molecule has 0 spiro atoms. The lowest BCUT2D eigenvalue weighted by atomic mass is 10.2. The molecule has 3 rings (SSSR count). The number of carbonyl (C=O) groups excluding carboxylic acids is 3. The molecule has 166 valence electrons. The van der Waals surface area contributed by atoms with Gasteiger partial charge in [0.15, 0.2) is 5.76 Å². The molecule has 1 fully saturated rings. The first kappa shape index (κ1) is 22.4. The fraction of sp³-hybridized carbons (Fsp3) is 0.409. The maximum atomic E-state index is 12.8. The Bertz CT molecular complexity index is 897. The molecule has 2 heterocycles. The highest BCUT2D eigenvalue weighted by atomic mass is 16.5. The Balaban J connectivity index is 1.73. The first-order chi connectivity index (χ1) is 15.0. The molecular formula is C22H26N2O7. The van der Waals surface area contributed by atoms with E-state index in [9.17, 15) is 14.4 Å². The van der Waals surface area contributed by atoms with Gasteiger partial charge in [0, 0.05) is 19.6 Å². The van der Waals surface area contributed by atoms with Crippen LogP contribution in [0.2, 0.25) is 0 Å². The zero-order valence-corrected chi connectivity index (χ0v) is 17.6. The predicted molar refractivity (Wildman–Crippen MR) is 109 cm³/mol. The van der Waals surface area contributed by atoms with E-state index in [0.717, 1.165) is 5.56 Å². The van der Waals surface area contributed by atoms with Gasteiger partial charge in [-0.05, 0) is 29.8 Å². The van der Waals surface area contributed by atoms with Crippen LogP contribution in [0, 0.1) is 0 Å². The standard InChI is InChI=1S/C22H26N2O7/c1-28-17-6-3-5-16(11-17)15-31-18-12-23(9-8-21(26)29-2)20(25)14-24(13-18)22(27)19-7-4-10-30-19/h3-7,10-11,18H,8-9,12-15H2,1-2H3/t18-/m1/s1. The second kappa shape index (κ2) is 10.6. The van der Waals surface area contributed by atoms with Crippen molar-refractivity contribution in [2.24, 2.45) is 0 Å². The average molecular weight is 430 g/mol. The molecule has 1 atom stereocenters. The van der Waals surface area contributed by atoms with Gasteiger partial charge in [0.05, 0.1) is 39.6 Å². The number of hydrogen-bond donors (Lipinski definition) is 0. The fourth-order valence-electron chi connectivity index (χ4n) is 3.32. The molecule has 0 unspecified atom stereocenters. The van der Waals surface area contributed by atoms with Gasteiger partial charge < -0.3 is 28.4 Å². The van der Waals surface area contributed by atoms with Crippen LogP contribution in [0.4, 0.5) is 0 Å². The summed E-state index contributed by atoms with van der Waals surface area (Å²) in [4.78, 5) is 40.1. The average Bonchev–Trinajstić information content (AvgIpc) is 3.28. The Hall–Kier alpha value is -3.33. The van der Waals surface area contributed by atoms with Gasteiger partial charge in [-0.2, -0.15) is 0 Å². The number of rotatable bonds is 8. The lowest BCUT2D eigenvalue weighted by Crippen LogP contribution is -2.40. The monoisotopic (exact) mass is 430 g/mol. The minimum atomic E-state index is -0.450. The highest BCUT2D eigenvalue weighted by molar-refractivity contribution is 5.94. The summed E-state index contributed by atoms with van der Waals surface area (Å²) < 4.78 is 21.2. The maximum absolute atomic E-state index is 12.8. The Morgan fingerprint density at radius 3 is 2.71 bits per heavy atom. The predicted octanol–water partition coefficient (Wildman–Crippen LogP) is 1.72. The summed E-state index contributed by atoms with van der Waals surface area (Å²) in [6.07, 6.45) is 1.03. The Morgan fingerprint density at radius 1 is 1.16 bits per heavy atom. The minimum absolute atomic E-state index is 0.0664. The van der Waals surface area contributed by atoms with E-state index in [2.05, 4.69) is 4.74 Å². The molecule has 2 aromatic rings. The Labute approximate surface area is 180 Å². The topological polar surface area (TPSA) is 98.5 Å². The van der Waals surface area contributed by atoms with Crippen molar-refractivity contribution < 1.29 is 33.0 Å². The highest BCUT2D eigenvalue weighted by Gasteiger charge is 2.32. The molecule has 0 radical (unpaired) electrons. The number of esters is 1. The zero-order chi connectivity index (χ0) is 22.2. The highest BCUT2D eigenvalue weighted by Crippen LogP contribution is 2.17. The van der Waals surface area contributed by atoms with Crippen molar-refractivity contribution in [3.8, 4) is 5.75 Å². The molecule has 0 bridgehead atoms. The van der Waals surface area contributed by atoms with Crippen molar-refractivity contribution in [3.05, 3.63) is 54.0 Å². The summed E-state index contributed by atoms with van der Waals surface area (Å²) in [6.45, 7) is 0.808. The molecule has 1 aliphatic rings. The van der Waals surface area contributed by atoms with Crippen LogP contribution >= 0.6 is 0 Å². The Kier molecular flexibility index (Phi) is 7.66. The van der Waals surface area contributed by atoms with Crippen LogP contribution < -0.4 is 4.74 Å². The molecule has 1 saturated heterocycles. The van der Waals surface area contributed by atoms with Gasteiger partial charge in [0.25, 0.3) is 5.91 Å². The molecule has 1 aromatic heterocycles. The molecule has 2 amide bonds. The lowest BCUT2D eigenvalue weighted by Gasteiger charge is -2.24. The SMILES string of the molecule is COC(=O)CCN1C[C@@H](OCc2cccc(OC)c2)CN(C(=O)c2ccco2)CC1=O. The summed E-state index contributed by atoms with van der Waals surface area (Å²) in [7, 11) is 2.89. The van der Waals surface area contributed by atoms with Crippen LogP contribution in [-0.2, 0) is 25.7 Å². The third kappa shape index (κ3) is 6.08. The van der Waals surface area contributed by atoms with Crippen LogP contribution in [-0.4, -0.2) is 74.1 Å². The normalized spacial score (nSPS) is 16.7. The summed E-state index contributed by atoms with van der Waals surface area (Å²) in [5.41, 5.74) is 0.903. The molecule has 31 heavy (non-hydrogen) atoms. The van der Waals surface area contributed by atoms with Crippen molar-refractivity contribution in [2.75, 3.05) is 40.4 Å². The summed E-state index contributed by atoms with van der Waals surface area (Å²) in [5.74, 6) is -0.192. The first-order valence-electron chi connectivity index (χ1n) is 9.92. The fourth-order valence-corrected chi connectivity index (χ4v) is 3.32. The van der Waals surface area contributed by atoms with E-state index >= 15 is 0 Å². The maximum Gasteiger partial charge on any atom is 0.307 e. The van der Waals surface area contributed by atoms with Gasteiger partial charge in [-0.25, -0.2) is 0 Å². The van der Waals surface area contributed by atoms with Crippen LogP contribution in [0.1, 0.15) is 22.5 Å². The summed E-state index contributed by atoms with van der Waals surface area (Å²) in [6, 6.07) is 10.6. The van der Waals surface area contributed by atoms with E-state index in [-0.39, 0.29) is 56.8 Å². The third-order valence-electron chi connectivity index (χ3n) is 4.98. The van der Waals surface area contributed by atoms with Gasteiger partial charge in [0.2, 0.25) is 5.91 Å². The number of hydrogen-bond acceptors (Lipinski definition) is 7. The van der Waals surface area contributed by atoms with E-state index in [4.69, 9.17) is 13.9 Å². The molecular weight excluding hydrogens is 404 g/mol. The van der Waals surface area contributed by atoms with Crippen molar-refractivity contribution in [1.29, 1.82) is 0 Å². The van der Waals surface area contributed by atoms with Crippen LogP contribution in [0.15, 0.2) is 47.1 Å². The number of furan rings is 1. The minimum Gasteiger partial charge on any atom is -0.497 e. The molecule has 9 nitrogen and oxygen atoms in total. The van der Waals surface area contributed by atoms with E-state index in [0.29, 0.717) is 5.75 Å². The molecule has 0 saturated carbocycles. The number of carbonyl (C=O) groups is 3. The van der Waals surface area contributed by atoms with Crippen LogP contribution in [0.5, 0.6) is 5.75 Å². The van der Waals surface area contributed by atoms with Crippen molar-refractivity contribution in [3.63, 3.8) is 0 Å². The zero-order valence-electron chi connectivity index (χ0n) is 17.6. The van der Waals surface area contributed by atoms with E-state index in [1.807, 2.05) is 24.3 Å². The van der Waals surface area contributed by atoms with E-state index < -0.39 is 12.1 Å². The number of amides is 2. The van der Waals surface area contributed by atoms with Gasteiger partial charge in [0.1, 0.15) is 12.3 Å². The largest absolute Gasteiger partial charge is 0.497 e. The van der Waals surface area contributed by atoms with Gasteiger partial charge >= 0.3 is 5.97 Å². The number of nitrogens with zero attached hydrogens (tertiary/aromatic N) is 2. The molecule has 0 N–H and O–H groups in total. The summed E-state index contributed by atoms with van der Waals surface area (Å²) in [5, 5.41) is 0. The number of benzene rings is 1. The van der Waals surface area contributed by atoms with Crippen LogP contribution in [0.25, 0.3) is 0 Å². The second-order valence-corrected chi connectivity index (χ2v) is 7.11. The van der Waals surface area contributed by atoms with Gasteiger partial charge in [-0.3, -0.25) is 14.4 Å². The van der Waals surface area contributed by atoms with Crippen molar-refractivity contribution in [1.82, 2.24) is 9.80 Å². The van der Waals surface area contributed by atoms with Crippen molar-refractivity contribution >= 4 is 17.8 Å². The van der Waals surface area contributed by atoms with Crippen LogP contribution in [0.3, 0.4) is 0 Å². The Morgan fingerprint density at radius 2 is 2.00 bits per heavy atom. The molecule has 1 aliphatic heterocycles. The van der Waals surface area contributed by atoms with Gasteiger partial charge in [-0.15, -0.1) is 0 Å². The smallest absolute Gasteiger partial charge is 0.307 e. The molecule has 0 aliphatic carbocycles. The molecule has 1 aromatic carbocycles. The van der Waals surface area contributed by atoms with Crippen molar-refractivity contribution in [2.45, 2.75) is 19.1 Å². The summed E-state index contributed by atoms with van der Waals surface area (Å²) >= 11 is 0. The number of methoxy groups -OCH3 is 2.